The zero-order valence-electron chi connectivity index (χ0n) is 12.4. The Hall–Kier alpha value is -1.38. The van der Waals surface area contributed by atoms with E-state index in [1.54, 1.807) is 6.07 Å². The lowest BCUT2D eigenvalue weighted by Crippen LogP contribution is -2.14. The molecule has 116 valence electrons. The summed E-state index contributed by atoms with van der Waals surface area (Å²) < 4.78 is 27.1. The lowest BCUT2D eigenvalue weighted by atomic mass is 10.4. The van der Waals surface area contributed by atoms with Crippen LogP contribution >= 0.6 is 11.3 Å². The van der Waals surface area contributed by atoms with Gasteiger partial charge in [-0.2, -0.15) is 0 Å². The minimum atomic E-state index is -3.59. The summed E-state index contributed by atoms with van der Waals surface area (Å²) in [4.78, 5) is 8.40. The van der Waals surface area contributed by atoms with Gasteiger partial charge in [-0.25, -0.2) is 13.4 Å². The third kappa shape index (κ3) is 4.05. The van der Waals surface area contributed by atoms with Crippen LogP contribution in [-0.2, 0) is 16.6 Å². The van der Waals surface area contributed by atoms with Gasteiger partial charge in [0.05, 0.1) is 5.69 Å². The van der Waals surface area contributed by atoms with Gasteiger partial charge in [0.1, 0.15) is 4.90 Å². The zero-order valence-corrected chi connectivity index (χ0v) is 14.0. The minimum absolute atomic E-state index is 0.223. The lowest BCUT2D eigenvalue weighted by molar-refractivity contribution is 0.601. The lowest BCUT2D eigenvalue weighted by Gasteiger charge is -2.02. The topological polar surface area (TPSA) is 86.9 Å². The van der Waals surface area contributed by atoms with Crippen molar-refractivity contribution in [3.05, 3.63) is 28.5 Å². The maximum absolute atomic E-state index is 12.3. The van der Waals surface area contributed by atoms with Gasteiger partial charge in [-0.05, 0) is 32.9 Å². The largest absolute Gasteiger partial charge is 0.363 e. The number of sulfonamides is 1. The summed E-state index contributed by atoms with van der Waals surface area (Å²) in [5.74, 6) is 0. The van der Waals surface area contributed by atoms with Crippen molar-refractivity contribution in [2.45, 2.75) is 38.6 Å². The highest BCUT2D eigenvalue weighted by Crippen LogP contribution is 2.24. The normalized spacial score (nSPS) is 11.8. The predicted octanol–water partition coefficient (Wildman–Crippen LogP) is 2.39. The average molecular weight is 328 g/mol. The number of hydrogen-bond donors (Lipinski definition) is 3. The van der Waals surface area contributed by atoms with E-state index < -0.39 is 10.0 Å². The van der Waals surface area contributed by atoms with Gasteiger partial charge in [0.2, 0.25) is 0 Å². The van der Waals surface area contributed by atoms with E-state index in [0.29, 0.717) is 11.7 Å². The fraction of sp³-hybridized carbons (Fsp3) is 0.462. The summed E-state index contributed by atoms with van der Waals surface area (Å²) in [5, 5.41) is 3.62. The summed E-state index contributed by atoms with van der Waals surface area (Å²) in [6.45, 7) is 7.38. The SMILES string of the molecule is CCCNCc1cc(S(=O)(=O)Nc2nc(C)c(C)s2)c[nH]1. The number of rotatable bonds is 7. The third-order valence-electron chi connectivity index (χ3n) is 3.02. The summed E-state index contributed by atoms with van der Waals surface area (Å²) in [6, 6.07) is 1.64. The zero-order chi connectivity index (χ0) is 15.5. The van der Waals surface area contributed by atoms with Gasteiger partial charge >= 0.3 is 0 Å². The van der Waals surface area contributed by atoms with E-state index in [4.69, 9.17) is 0 Å². The molecule has 8 heteroatoms. The number of nitrogens with one attached hydrogen (secondary N) is 3. The Morgan fingerprint density at radius 1 is 1.38 bits per heavy atom. The Bertz CT molecular complexity index is 684. The van der Waals surface area contributed by atoms with Crippen molar-refractivity contribution < 1.29 is 8.42 Å². The first-order chi connectivity index (χ1) is 9.92. The molecule has 0 aliphatic rings. The van der Waals surface area contributed by atoms with Crippen LogP contribution in [0.4, 0.5) is 5.13 Å². The van der Waals surface area contributed by atoms with Crippen molar-refractivity contribution in [1.29, 1.82) is 0 Å². The summed E-state index contributed by atoms with van der Waals surface area (Å²) in [6.07, 6.45) is 2.54. The molecule has 0 amide bonds. The van der Waals surface area contributed by atoms with Crippen LogP contribution in [0, 0.1) is 13.8 Å². The summed E-state index contributed by atoms with van der Waals surface area (Å²) >= 11 is 1.34. The highest BCUT2D eigenvalue weighted by Gasteiger charge is 2.18. The van der Waals surface area contributed by atoms with Crippen LogP contribution in [0.1, 0.15) is 29.6 Å². The molecular weight excluding hydrogens is 308 g/mol. The highest BCUT2D eigenvalue weighted by atomic mass is 32.2. The van der Waals surface area contributed by atoms with Crippen molar-refractivity contribution in [3.63, 3.8) is 0 Å². The van der Waals surface area contributed by atoms with E-state index in [9.17, 15) is 8.42 Å². The molecule has 6 nitrogen and oxygen atoms in total. The van der Waals surface area contributed by atoms with Crippen molar-refractivity contribution >= 4 is 26.5 Å². The number of H-pyrrole nitrogens is 1. The van der Waals surface area contributed by atoms with Crippen LogP contribution in [0.15, 0.2) is 17.2 Å². The maximum Gasteiger partial charge on any atom is 0.265 e. The number of aromatic nitrogens is 2. The predicted molar refractivity (Wildman–Crippen MR) is 85.2 cm³/mol. The molecule has 0 saturated heterocycles. The molecule has 0 aliphatic carbocycles. The van der Waals surface area contributed by atoms with E-state index >= 15 is 0 Å². The minimum Gasteiger partial charge on any atom is -0.363 e. The standard InChI is InChI=1S/C13H20N4O2S2/c1-4-5-14-7-11-6-12(8-15-11)21(18,19)17-13-16-9(2)10(3)20-13/h6,8,14-15H,4-5,7H2,1-3H3,(H,16,17). The van der Waals surface area contributed by atoms with E-state index in [0.717, 1.165) is 29.2 Å². The maximum atomic E-state index is 12.3. The summed E-state index contributed by atoms with van der Waals surface area (Å²) in [5.41, 5.74) is 1.69. The Balaban J connectivity index is 2.08. The van der Waals surface area contributed by atoms with Gasteiger partial charge in [-0.3, -0.25) is 4.72 Å². The Morgan fingerprint density at radius 3 is 2.76 bits per heavy atom. The molecule has 0 aliphatic heterocycles. The number of anilines is 1. The van der Waals surface area contributed by atoms with Gasteiger partial charge in [0.15, 0.2) is 5.13 Å². The van der Waals surface area contributed by atoms with Crippen molar-refractivity contribution in [2.75, 3.05) is 11.3 Å². The first-order valence-corrected chi connectivity index (χ1v) is 9.07. The van der Waals surface area contributed by atoms with Crippen LogP contribution in [0.2, 0.25) is 0 Å². The van der Waals surface area contributed by atoms with Crippen LogP contribution < -0.4 is 10.0 Å². The average Bonchev–Trinajstić information content (AvgIpc) is 2.98. The molecule has 2 heterocycles. The van der Waals surface area contributed by atoms with Gasteiger partial charge in [0.25, 0.3) is 10.0 Å². The van der Waals surface area contributed by atoms with Gasteiger partial charge in [-0.15, -0.1) is 11.3 Å². The highest BCUT2D eigenvalue weighted by molar-refractivity contribution is 7.93. The Labute approximate surface area is 129 Å². The van der Waals surface area contributed by atoms with Crippen LogP contribution in [0.3, 0.4) is 0 Å². The molecule has 2 rings (SSSR count). The van der Waals surface area contributed by atoms with Gasteiger partial charge < -0.3 is 10.3 Å². The molecule has 3 N–H and O–H groups in total. The molecule has 0 spiro atoms. The first kappa shape index (κ1) is 16.0. The third-order valence-corrected chi connectivity index (χ3v) is 5.45. The number of nitrogens with zero attached hydrogens (tertiary/aromatic N) is 1. The molecule has 0 saturated carbocycles. The van der Waals surface area contributed by atoms with E-state index in [2.05, 4.69) is 26.9 Å². The smallest absolute Gasteiger partial charge is 0.265 e. The monoisotopic (exact) mass is 328 g/mol. The van der Waals surface area contributed by atoms with E-state index in [-0.39, 0.29) is 4.90 Å². The first-order valence-electron chi connectivity index (χ1n) is 6.77. The molecule has 21 heavy (non-hydrogen) atoms. The Morgan fingerprint density at radius 2 is 2.14 bits per heavy atom. The van der Waals surface area contributed by atoms with Crippen molar-refractivity contribution in [3.8, 4) is 0 Å². The number of thiazole rings is 1. The van der Waals surface area contributed by atoms with E-state index in [1.165, 1.54) is 17.5 Å². The fourth-order valence-electron chi connectivity index (χ4n) is 1.77. The number of aryl methyl sites for hydroxylation is 2. The quantitative estimate of drug-likeness (QED) is 0.681. The van der Waals surface area contributed by atoms with Crippen molar-refractivity contribution in [1.82, 2.24) is 15.3 Å². The second kappa shape index (κ2) is 6.59. The van der Waals surface area contributed by atoms with Crippen LogP contribution in [-0.4, -0.2) is 24.9 Å². The number of hydrogen-bond acceptors (Lipinski definition) is 5. The second-order valence-electron chi connectivity index (χ2n) is 4.80. The molecule has 0 aromatic carbocycles. The fourth-order valence-corrected chi connectivity index (χ4v) is 3.83. The van der Waals surface area contributed by atoms with Gasteiger partial charge in [-0.1, -0.05) is 6.92 Å². The van der Waals surface area contributed by atoms with Crippen LogP contribution in [0.5, 0.6) is 0 Å². The molecule has 0 bridgehead atoms. The van der Waals surface area contributed by atoms with E-state index in [1.807, 2.05) is 13.8 Å². The number of aromatic amines is 1. The molecule has 2 aromatic heterocycles. The molecular formula is C13H20N4O2S2. The molecule has 0 atom stereocenters. The summed E-state index contributed by atoms with van der Waals surface area (Å²) in [7, 11) is -3.59. The van der Waals surface area contributed by atoms with Crippen LogP contribution in [0.25, 0.3) is 0 Å². The second-order valence-corrected chi connectivity index (χ2v) is 7.69. The molecule has 0 radical (unpaired) electrons. The molecule has 0 unspecified atom stereocenters. The molecule has 0 fully saturated rings. The Kier molecular flexibility index (Phi) is 5.02. The van der Waals surface area contributed by atoms with Crippen molar-refractivity contribution in [2.24, 2.45) is 0 Å². The van der Waals surface area contributed by atoms with Gasteiger partial charge in [0, 0.05) is 23.3 Å². The molecule has 2 aromatic rings.